The number of rotatable bonds is 1. The number of cyclic esters (lactones) is 1. The van der Waals surface area contributed by atoms with Gasteiger partial charge in [0.2, 0.25) is 0 Å². The van der Waals surface area contributed by atoms with Gasteiger partial charge in [-0.15, -0.1) is 0 Å². The highest BCUT2D eigenvalue weighted by Crippen LogP contribution is 2.22. The molecule has 2 nitrogen and oxygen atoms in total. The maximum atomic E-state index is 11.4. The third-order valence-corrected chi connectivity index (χ3v) is 4.91. The van der Waals surface area contributed by atoms with Gasteiger partial charge in [-0.1, -0.05) is 24.8 Å². The summed E-state index contributed by atoms with van der Waals surface area (Å²) in [5.74, 6) is -0.135. The summed E-state index contributed by atoms with van der Waals surface area (Å²) in [6.45, 7) is 7.44. The third kappa shape index (κ3) is 3.66. The van der Waals surface area contributed by atoms with Crippen molar-refractivity contribution in [2.45, 2.75) is 45.3 Å². The molecule has 0 saturated carbocycles. The molecule has 0 radical (unpaired) electrons. The zero-order chi connectivity index (χ0) is 10.6. The number of hydrogen-bond acceptors (Lipinski definition) is 2. The molecule has 0 spiro atoms. The SMILES string of the molecule is C[Si](C)(C)/C1=C\C(=O)OCCCCC1. The summed E-state index contributed by atoms with van der Waals surface area (Å²) >= 11 is 0. The van der Waals surface area contributed by atoms with Gasteiger partial charge in [-0.05, 0) is 25.7 Å². The lowest BCUT2D eigenvalue weighted by Crippen LogP contribution is -2.25. The van der Waals surface area contributed by atoms with E-state index in [0.717, 1.165) is 12.8 Å². The second kappa shape index (κ2) is 4.78. The largest absolute Gasteiger partial charge is 0.463 e. The normalized spacial score (nSPS) is 23.9. The molecule has 3 heteroatoms. The smallest absolute Gasteiger partial charge is 0.330 e. The van der Waals surface area contributed by atoms with Crippen molar-refractivity contribution in [3.63, 3.8) is 0 Å². The van der Waals surface area contributed by atoms with E-state index in [1.54, 1.807) is 6.08 Å². The van der Waals surface area contributed by atoms with Crippen molar-refractivity contribution >= 4 is 14.0 Å². The summed E-state index contributed by atoms with van der Waals surface area (Å²) in [6.07, 6.45) is 6.22. The molecule has 0 aromatic rings. The summed E-state index contributed by atoms with van der Waals surface area (Å²) in [5.41, 5.74) is 0. The van der Waals surface area contributed by atoms with Crippen LogP contribution in [0.5, 0.6) is 0 Å². The maximum absolute atomic E-state index is 11.4. The van der Waals surface area contributed by atoms with Crippen LogP contribution < -0.4 is 0 Å². The Labute approximate surface area is 87.3 Å². The fraction of sp³-hybridized carbons (Fsp3) is 0.727. The lowest BCUT2D eigenvalue weighted by Gasteiger charge is -2.20. The van der Waals surface area contributed by atoms with Crippen LogP contribution in [-0.4, -0.2) is 20.7 Å². The van der Waals surface area contributed by atoms with Crippen molar-refractivity contribution in [3.8, 4) is 0 Å². The minimum absolute atomic E-state index is 0.135. The molecule has 0 amide bonds. The van der Waals surface area contributed by atoms with E-state index in [9.17, 15) is 4.79 Å². The Kier molecular flexibility index (Phi) is 3.93. The fourth-order valence-electron chi connectivity index (χ4n) is 1.61. The molecule has 0 unspecified atom stereocenters. The van der Waals surface area contributed by atoms with Gasteiger partial charge in [-0.25, -0.2) is 4.79 Å². The quantitative estimate of drug-likeness (QED) is 0.493. The molecule has 0 aliphatic carbocycles. The summed E-state index contributed by atoms with van der Waals surface area (Å²) in [6, 6.07) is 0. The maximum Gasteiger partial charge on any atom is 0.330 e. The minimum Gasteiger partial charge on any atom is -0.463 e. The minimum atomic E-state index is -1.31. The summed E-state index contributed by atoms with van der Waals surface area (Å²) < 4.78 is 5.10. The van der Waals surface area contributed by atoms with Crippen LogP contribution in [0.4, 0.5) is 0 Å². The van der Waals surface area contributed by atoms with Gasteiger partial charge in [0.25, 0.3) is 0 Å². The molecule has 0 aromatic carbocycles. The van der Waals surface area contributed by atoms with Gasteiger partial charge >= 0.3 is 5.97 Å². The predicted molar refractivity (Wildman–Crippen MR) is 60.9 cm³/mol. The van der Waals surface area contributed by atoms with Gasteiger partial charge in [0.05, 0.1) is 14.7 Å². The van der Waals surface area contributed by atoms with Crippen LogP contribution in [0.25, 0.3) is 0 Å². The van der Waals surface area contributed by atoms with Crippen LogP contribution in [0.15, 0.2) is 11.3 Å². The molecule has 0 N–H and O–H groups in total. The molecule has 0 saturated heterocycles. The Hall–Kier alpha value is -0.573. The van der Waals surface area contributed by atoms with E-state index in [1.165, 1.54) is 18.0 Å². The van der Waals surface area contributed by atoms with Gasteiger partial charge in [-0.2, -0.15) is 0 Å². The number of allylic oxidation sites excluding steroid dienone is 1. The zero-order valence-electron chi connectivity index (χ0n) is 9.43. The average Bonchev–Trinajstić information content (AvgIpc) is 2.15. The lowest BCUT2D eigenvalue weighted by atomic mass is 10.2. The standard InChI is InChI=1S/C11H20O2Si/c1-14(2,3)10-7-5-4-6-8-13-11(12)9-10/h9H,4-8H2,1-3H3/b10-9-. The van der Waals surface area contributed by atoms with Gasteiger partial charge < -0.3 is 4.74 Å². The monoisotopic (exact) mass is 212 g/mol. The topological polar surface area (TPSA) is 26.3 Å². The van der Waals surface area contributed by atoms with Crippen molar-refractivity contribution in [3.05, 3.63) is 11.3 Å². The molecule has 0 atom stereocenters. The number of hydrogen-bond donors (Lipinski definition) is 0. The zero-order valence-corrected chi connectivity index (χ0v) is 10.4. The number of carbonyl (C=O) groups excluding carboxylic acids is 1. The molecule has 0 fully saturated rings. The molecule has 1 aliphatic heterocycles. The van der Waals surface area contributed by atoms with Crippen LogP contribution in [0.1, 0.15) is 25.7 Å². The van der Waals surface area contributed by atoms with Crippen LogP contribution >= 0.6 is 0 Å². The highest BCUT2D eigenvalue weighted by Gasteiger charge is 2.21. The third-order valence-electron chi connectivity index (χ3n) is 2.59. The summed E-state index contributed by atoms with van der Waals surface area (Å²) in [7, 11) is -1.31. The van der Waals surface area contributed by atoms with Gasteiger partial charge in [-0.3, -0.25) is 0 Å². The number of carbonyl (C=O) groups is 1. The highest BCUT2D eigenvalue weighted by molar-refractivity contribution is 6.83. The van der Waals surface area contributed by atoms with E-state index < -0.39 is 8.07 Å². The van der Waals surface area contributed by atoms with E-state index in [2.05, 4.69) is 19.6 Å². The van der Waals surface area contributed by atoms with Crippen molar-refractivity contribution in [1.29, 1.82) is 0 Å². The van der Waals surface area contributed by atoms with Crippen LogP contribution in [0, 0.1) is 0 Å². The summed E-state index contributed by atoms with van der Waals surface area (Å²) in [4.78, 5) is 11.4. The van der Waals surface area contributed by atoms with Crippen molar-refractivity contribution in [2.75, 3.05) is 6.61 Å². The number of ether oxygens (including phenoxy) is 1. The first-order valence-electron chi connectivity index (χ1n) is 5.38. The molecule has 1 aliphatic rings. The predicted octanol–water partition coefficient (Wildman–Crippen LogP) is 2.91. The van der Waals surface area contributed by atoms with Crippen molar-refractivity contribution < 1.29 is 9.53 Å². The molecule has 0 aromatic heterocycles. The highest BCUT2D eigenvalue weighted by atomic mass is 28.3. The Morgan fingerprint density at radius 2 is 1.93 bits per heavy atom. The molecular weight excluding hydrogens is 192 g/mol. The Morgan fingerprint density at radius 3 is 2.57 bits per heavy atom. The molecule has 14 heavy (non-hydrogen) atoms. The van der Waals surface area contributed by atoms with Gasteiger partial charge in [0.1, 0.15) is 0 Å². The van der Waals surface area contributed by atoms with E-state index in [-0.39, 0.29) is 5.97 Å². The fourth-order valence-corrected chi connectivity index (χ4v) is 3.09. The van der Waals surface area contributed by atoms with Gasteiger partial charge in [0, 0.05) is 6.08 Å². The first-order valence-corrected chi connectivity index (χ1v) is 8.88. The van der Waals surface area contributed by atoms with E-state index in [4.69, 9.17) is 4.74 Å². The van der Waals surface area contributed by atoms with Crippen LogP contribution in [0.2, 0.25) is 19.6 Å². The molecule has 0 bridgehead atoms. The average molecular weight is 212 g/mol. The van der Waals surface area contributed by atoms with E-state index in [0.29, 0.717) is 6.61 Å². The number of esters is 1. The first kappa shape index (κ1) is 11.5. The Balaban J connectivity index is 2.76. The van der Waals surface area contributed by atoms with Crippen LogP contribution in [0.3, 0.4) is 0 Å². The second-order valence-electron chi connectivity index (χ2n) is 4.90. The molecule has 1 rings (SSSR count). The Bertz CT molecular complexity index is 238. The van der Waals surface area contributed by atoms with Crippen molar-refractivity contribution in [1.82, 2.24) is 0 Å². The first-order chi connectivity index (χ1) is 6.50. The molecule has 1 heterocycles. The second-order valence-corrected chi connectivity index (χ2v) is 10.0. The van der Waals surface area contributed by atoms with Crippen LogP contribution in [-0.2, 0) is 9.53 Å². The molecular formula is C11H20O2Si. The van der Waals surface area contributed by atoms with E-state index in [1.807, 2.05) is 0 Å². The van der Waals surface area contributed by atoms with E-state index >= 15 is 0 Å². The van der Waals surface area contributed by atoms with Crippen molar-refractivity contribution in [2.24, 2.45) is 0 Å². The molecule has 80 valence electrons. The Morgan fingerprint density at radius 1 is 1.21 bits per heavy atom. The lowest BCUT2D eigenvalue weighted by molar-refractivity contribution is -0.137. The van der Waals surface area contributed by atoms with Gasteiger partial charge in [0.15, 0.2) is 0 Å². The summed E-state index contributed by atoms with van der Waals surface area (Å²) in [5, 5.41) is 1.35.